The summed E-state index contributed by atoms with van der Waals surface area (Å²) in [6, 6.07) is 19.0. The highest BCUT2D eigenvalue weighted by atomic mass is 19.1. The molecule has 1 aromatic heterocycles. The maximum absolute atomic E-state index is 14.2. The van der Waals surface area contributed by atoms with Crippen molar-refractivity contribution >= 4 is 0 Å². The van der Waals surface area contributed by atoms with Crippen LogP contribution in [-0.4, -0.2) is 14.7 Å². The molecule has 1 N–H and O–H groups in total. The average Bonchev–Trinajstić information content (AvgIpc) is 3.16. The van der Waals surface area contributed by atoms with Gasteiger partial charge in [0.05, 0.1) is 17.3 Å². The van der Waals surface area contributed by atoms with Crippen LogP contribution >= 0.6 is 0 Å². The molecule has 0 saturated carbocycles. The van der Waals surface area contributed by atoms with Gasteiger partial charge in [0.25, 0.3) is 0 Å². The van der Waals surface area contributed by atoms with Crippen LogP contribution in [0.1, 0.15) is 49.5 Å². The van der Waals surface area contributed by atoms with Crippen LogP contribution in [0.25, 0.3) is 5.69 Å². The molecule has 5 heteroatoms. The van der Waals surface area contributed by atoms with Gasteiger partial charge in [0, 0.05) is 29.1 Å². The number of hydrogen-bond acceptors (Lipinski definition) is 3. The molecule has 2 aliphatic rings. The summed E-state index contributed by atoms with van der Waals surface area (Å²) in [7, 11) is 0. The molecule has 0 spiro atoms. The van der Waals surface area contributed by atoms with E-state index in [-0.39, 0.29) is 28.8 Å². The second-order valence-corrected chi connectivity index (χ2v) is 9.30. The first kappa shape index (κ1) is 20.5. The van der Waals surface area contributed by atoms with E-state index >= 15 is 0 Å². The van der Waals surface area contributed by atoms with E-state index in [1.54, 1.807) is 12.1 Å². The quantitative estimate of drug-likeness (QED) is 0.575. The summed E-state index contributed by atoms with van der Waals surface area (Å²) in [5.41, 5.74) is 4.08. The highest BCUT2D eigenvalue weighted by Gasteiger charge is 2.50. The number of aliphatic hydroxyl groups excluding tert-OH is 1. The summed E-state index contributed by atoms with van der Waals surface area (Å²) >= 11 is 0. The number of aliphatic hydroxyl groups is 1. The molecular formula is C27H26FN3O. The summed E-state index contributed by atoms with van der Waals surface area (Å²) in [6.45, 7) is 4.18. The monoisotopic (exact) mass is 427 g/mol. The molecule has 3 atom stereocenters. The standard InChI is InChI=1S/C27H26FN3O/c1-17-22-11-12-23-26(27(22,2)15-19(16-29)25(17)32)30-24(13-18-7-4-3-5-8-18)31(23)21-10-6-9-20(28)14-21/h3-10,14,17,22,32H,11-13,15H2,1-2H3/t17-,22-,27-/m1/s1. The Balaban J connectivity index is 1.70. The minimum absolute atomic E-state index is 0.0894. The number of imidazole rings is 1. The largest absolute Gasteiger partial charge is 0.511 e. The molecular weight excluding hydrogens is 401 g/mol. The highest BCUT2D eigenvalue weighted by molar-refractivity contribution is 5.45. The third-order valence-corrected chi connectivity index (χ3v) is 7.39. The van der Waals surface area contributed by atoms with Gasteiger partial charge in [-0.05, 0) is 48.9 Å². The molecule has 0 radical (unpaired) electrons. The molecule has 0 saturated heterocycles. The van der Waals surface area contributed by atoms with Crippen molar-refractivity contribution in [3.05, 3.63) is 94.5 Å². The molecule has 4 nitrogen and oxygen atoms in total. The Hall–Kier alpha value is -3.39. The fourth-order valence-electron chi connectivity index (χ4n) is 5.83. The summed E-state index contributed by atoms with van der Waals surface area (Å²) in [5, 5.41) is 20.3. The van der Waals surface area contributed by atoms with Crippen molar-refractivity contribution in [2.45, 2.75) is 44.9 Å². The highest BCUT2D eigenvalue weighted by Crippen LogP contribution is 2.53. The second kappa shape index (κ2) is 7.63. The van der Waals surface area contributed by atoms with E-state index in [2.05, 4.69) is 29.7 Å². The van der Waals surface area contributed by atoms with Gasteiger partial charge in [0.15, 0.2) is 0 Å². The molecule has 0 aliphatic heterocycles. The van der Waals surface area contributed by atoms with Crippen LogP contribution in [0.5, 0.6) is 0 Å². The Morgan fingerprint density at radius 3 is 2.72 bits per heavy atom. The number of benzene rings is 2. The maximum atomic E-state index is 14.2. The van der Waals surface area contributed by atoms with Crippen molar-refractivity contribution in [2.75, 3.05) is 0 Å². The van der Waals surface area contributed by atoms with Crippen LogP contribution in [0.3, 0.4) is 0 Å². The minimum atomic E-state index is -0.353. The number of nitriles is 1. The first-order valence-corrected chi connectivity index (χ1v) is 11.2. The number of allylic oxidation sites excluding steroid dienone is 2. The van der Waals surface area contributed by atoms with E-state index in [1.165, 1.54) is 6.07 Å². The second-order valence-electron chi connectivity index (χ2n) is 9.30. The molecule has 2 aliphatic carbocycles. The van der Waals surface area contributed by atoms with E-state index < -0.39 is 0 Å². The Morgan fingerprint density at radius 1 is 1.22 bits per heavy atom. The van der Waals surface area contributed by atoms with Gasteiger partial charge < -0.3 is 9.67 Å². The van der Waals surface area contributed by atoms with Crippen LogP contribution in [0, 0.1) is 29.0 Å². The minimum Gasteiger partial charge on any atom is -0.511 e. The molecule has 5 rings (SSSR count). The fourth-order valence-corrected chi connectivity index (χ4v) is 5.83. The van der Waals surface area contributed by atoms with Crippen molar-refractivity contribution in [2.24, 2.45) is 11.8 Å². The van der Waals surface area contributed by atoms with E-state index in [4.69, 9.17) is 4.98 Å². The van der Waals surface area contributed by atoms with Crippen molar-refractivity contribution in [3.8, 4) is 11.8 Å². The number of aromatic nitrogens is 2. The molecule has 3 aromatic rings. The fraction of sp³-hybridized carbons (Fsp3) is 0.333. The van der Waals surface area contributed by atoms with Gasteiger partial charge in [0.2, 0.25) is 0 Å². The van der Waals surface area contributed by atoms with Gasteiger partial charge in [-0.1, -0.05) is 50.2 Å². The molecule has 0 unspecified atom stereocenters. The van der Waals surface area contributed by atoms with Gasteiger partial charge in [-0.3, -0.25) is 0 Å². The topological polar surface area (TPSA) is 61.8 Å². The Morgan fingerprint density at radius 2 is 2.00 bits per heavy atom. The van der Waals surface area contributed by atoms with Crippen LogP contribution in [0.2, 0.25) is 0 Å². The average molecular weight is 428 g/mol. The van der Waals surface area contributed by atoms with Crippen LogP contribution < -0.4 is 0 Å². The third-order valence-electron chi connectivity index (χ3n) is 7.39. The number of rotatable bonds is 3. The molecule has 0 bridgehead atoms. The lowest BCUT2D eigenvalue weighted by molar-refractivity contribution is 0.135. The number of hydrogen-bond donors (Lipinski definition) is 1. The number of fused-ring (bicyclic) bond motifs is 3. The lowest BCUT2D eigenvalue weighted by Crippen LogP contribution is -2.44. The van der Waals surface area contributed by atoms with E-state index in [0.29, 0.717) is 18.4 Å². The summed E-state index contributed by atoms with van der Waals surface area (Å²) in [5.74, 6) is 0.938. The van der Waals surface area contributed by atoms with Crippen LogP contribution in [0.15, 0.2) is 65.9 Å². The SMILES string of the molecule is C[C@H]1C(O)=C(C#N)C[C@@]2(C)c3nc(Cc4ccccc4)n(-c4cccc(F)c4)c3CC[C@H]12. The van der Waals surface area contributed by atoms with Crippen molar-refractivity contribution in [1.82, 2.24) is 9.55 Å². The van der Waals surface area contributed by atoms with Crippen molar-refractivity contribution < 1.29 is 9.50 Å². The first-order valence-electron chi connectivity index (χ1n) is 11.2. The summed E-state index contributed by atoms with van der Waals surface area (Å²) in [4.78, 5) is 5.16. The Labute approximate surface area is 187 Å². The van der Waals surface area contributed by atoms with Gasteiger partial charge >= 0.3 is 0 Å². The van der Waals surface area contributed by atoms with Crippen molar-refractivity contribution in [3.63, 3.8) is 0 Å². The van der Waals surface area contributed by atoms with Gasteiger partial charge in [-0.25, -0.2) is 9.37 Å². The molecule has 0 fully saturated rings. The smallest absolute Gasteiger partial charge is 0.125 e. The Kier molecular flexibility index (Phi) is 4.89. The molecule has 162 valence electrons. The predicted molar refractivity (Wildman–Crippen MR) is 121 cm³/mol. The number of halogens is 1. The summed E-state index contributed by atoms with van der Waals surface area (Å²) in [6.07, 6.45) is 2.79. The molecule has 0 amide bonds. The summed E-state index contributed by atoms with van der Waals surface area (Å²) < 4.78 is 16.3. The van der Waals surface area contributed by atoms with Gasteiger partial charge in [-0.15, -0.1) is 0 Å². The van der Waals surface area contributed by atoms with Gasteiger partial charge in [0.1, 0.15) is 17.4 Å². The zero-order valence-electron chi connectivity index (χ0n) is 18.3. The number of nitrogens with zero attached hydrogens (tertiary/aromatic N) is 3. The van der Waals surface area contributed by atoms with Gasteiger partial charge in [-0.2, -0.15) is 5.26 Å². The van der Waals surface area contributed by atoms with E-state index in [1.807, 2.05) is 31.2 Å². The zero-order chi connectivity index (χ0) is 22.5. The van der Waals surface area contributed by atoms with Crippen LogP contribution in [0.4, 0.5) is 4.39 Å². The van der Waals surface area contributed by atoms with E-state index in [9.17, 15) is 14.8 Å². The molecule has 32 heavy (non-hydrogen) atoms. The third kappa shape index (κ3) is 3.14. The molecule has 2 aromatic carbocycles. The Bertz CT molecular complexity index is 1250. The lowest BCUT2D eigenvalue weighted by atomic mass is 9.57. The normalized spacial score (nSPS) is 24.6. The maximum Gasteiger partial charge on any atom is 0.125 e. The van der Waals surface area contributed by atoms with Crippen molar-refractivity contribution in [1.29, 1.82) is 5.26 Å². The zero-order valence-corrected chi connectivity index (χ0v) is 18.3. The van der Waals surface area contributed by atoms with Crippen LogP contribution in [-0.2, 0) is 18.3 Å². The first-order chi connectivity index (χ1) is 15.4. The lowest BCUT2D eigenvalue weighted by Gasteiger charge is -2.46. The van der Waals surface area contributed by atoms with E-state index in [0.717, 1.165) is 41.3 Å². The molecule has 1 heterocycles. The predicted octanol–water partition coefficient (Wildman–Crippen LogP) is 5.80.